The van der Waals surface area contributed by atoms with E-state index in [1.165, 1.54) is 37.6 Å². The molecule has 0 bridgehead atoms. The summed E-state index contributed by atoms with van der Waals surface area (Å²) in [5.41, 5.74) is 5.25. The summed E-state index contributed by atoms with van der Waals surface area (Å²) in [7, 11) is 2.19. The van der Waals surface area contributed by atoms with Crippen molar-refractivity contribution in [1.29, 1.82) is 5.41 Å². The summed E-state index contributed by atoms with van der Waals surface area (Å²) in [6.07, 6.45) is 5.41. The zero-order chi connectivity index (χ0) is 10.4. The lowest BCUT2D eigenvalue weighted by molar-refractivity contribution is 0.206. The molecule has 0 aromatic rings. The molecule has 0 amide bonds. The molecule has 1 fully saturated rings. The largest absolute Gasteiger partial charge is 0.379 e. The van der Waals surface area contributed by atoms with Gasteiger partial charge in [-0.3, -0.25) is 5.41 Å². The average Bonchev–Trinajstić information content (AvgIpc) is 2.05. The van der Waals surface area contributed by atoms with E-state index >= 15 is 0 Å². The summed E-state index contributed by atoms with van der Waals surface area (Å²) >= 11 is 1.45. The Labute approximate surface area is 90.9 Å². The molecule has 0 aliphatic heterocycles. The number of amidine groups is 1. The third kappa shape index (κ3) is 4.86. The van der Waals surface area contributed by atoms with Gasteiger partial charge in [0.25, 0.3) is 0 Å². The van der Waals surface area contributed by atoms with E-state index in [4.69, 9.17) is 11.1 Å². The van der Waals surface area contributed by atoms with E-state index in [1.54, 1.807) is 0 Å². The number of nitrogens with two attached hydrogens (primary N) is 1. The highest BCUT2D eigenvalue weighted by atomic mass is 32.2. The number of nitrogens with zero attached hydrogens (tertiary/aromatic N) is 1. The van der Waals surface area contributed by atoms with E-state index < -0.39 is 0 Å². The predicted octanol–water partition coefficient (Wildman–Crippen LogP) is 1.74. The second-order valence-corrected chi connectivity index (χ2v) is 5.26. The van der Waals surface area contributed by atoms with Gasteiger partial charge in [-0.05, 0) is 38.8 Å². The van der Waals surface area contributed by atoms with Crippen LogP contribution in [0.15, 0.2) is 0 Å². The summed E-state index contributed by atoms with van der Waals surface area (Å²) in [6.45, 7) is 2.39. The van der Waals surface area contributed by atoms with Gasteiger partial charge in [0.05, 0.1) is 0 Å². The van der Waals surface area contributed by atoms with Crippen molar-refractivity contribution >= 4 is 16.9 Å². The van der Waals surface area contributed by atoms with Gasteiger partial charge in [-0.1, -0.05) is 18.2 Å². The van der Waals surface area contributed by atoms with Crippen molar-refractivity contribution in [3.8, 4) is 0 Å². The lowest BCUT2D eigenvalue weighted by atomic mass is 9.85. The first kappa shape index (κ1) is 11.9. The van der Waals surface area contributed by atoms with Crippen molar-refractivity contribution in [3.63, 3.8) is 0 Å². The molecule has 3 nitrogen and oxygen atoms in total. The van der Waals surface area contributed by atoms with Gasteiger partial charge < -0.3 is 10.6 Å². The molecule has 0 atom stereocenters. The van der Waals surface area contributed by atoms with Gasteiger partial charge in [-0.15, -0.1) is 0 Å². The minimum atomic E-state index is 0.242. The average molecular weight is 215 g/mol. The van der Waals surface area contributed by atoms with Crippen LogP contribution in [0.4, 0.5) is 0 Å². The van der Waals surface area contributed by atoms with Crippen LogP contribution in [0.2, 0.25) is 0 Å². The number of nitrogens with one attached hydrogen (secondary N) is 1. The fourth-order valence-electron chi connectivity index (χ4n) is 1.72. The molecule has 3 N–H and O–H groups in total. The first-order valence-corrected chi connectivity index (χ1v) is 6.32. The smallest absolute Gasteiger partial charge is 0.151 e. The molecule has 1 saturated carbocycles. The van der Waals surface area contributed by atoms with Crippen molar-refractivity contribution in [3.05, 3.63) is 0 Å². The molecule has 0 heterocycles. The molecule has 14 heavy (non-hydrogen) atoms. The molecule has 1 rings (SSSR count). The number of rotatable bonds is 6. The molecule has 0 spiro atoms. The Hall–Kier alpha value is -0.220. The first-order valence-electron chi connectivity index (χ1n) is 5.34. The van der Waals surface area contributed by atoms with Gasteiger partial charge in [-0.2, -0.15) is 0 Å². The lowest BCUT2D eigenvalue weighted by Gasteiger charge is -2.30. The lowest BCUT2D eigenvalue weighted by Crippen LogP contribution is -2.30. The van der Waals surface area contributed by atoms with Crippen molar-refractivity contribution in [2.45, 2.75) is 25.7 Å². The Kier molecular flexibility index (Phi) is 5.33. The molecule has 0 unspecified atom stereocenters. The monoisotopic (exact) mass is 215 g/mol. The van der Waals surface area contributed by atoms with E-state index in [-0.39, 0.29) is 5.17 Å². The molecule has 4 heteroatoms. The van der Waals surface area contributed by atoms with Gasteiger partial charge in [0, 0.05) is 12.3 Å². The fourth-order valence-corrected chi connectivity index (χ4v) is 2.22. The molecular formula is C10H21N3S. The van der Waals surface area contributed by atoms with Crippen LogP contribution in [0.3, 0.4) is 0 Å². The molecule has 0 radical (unpaired) electrons. The minimum Gasteiger partial charge on any atom is -0.379 e. The van der Waals surface area contributed by atoms with Gasteiger partial charge in [0.1, 0.15) is 0 Å². The number of hydrogen-bond acceptors (Lipinski definition) is 3. The Balaban J connectivity index is 1.91. The Morgan fingerprint density at radius 1 is 1.57 bits per heavy atom. The highest BCUT2D eigenvalue weighted by Crippen LogP contribution is 2.26. The summed E-state index contributed by atoms with van der Waals surface area (Å²) in [5.74, 6) is 1.94. The van der Waals surface area contributed by atoms with Crippen molar-refractivity contribution in [2.24, 2.45) is 11.7 Å². The molecule has 0 aromatic carbocycles. The molecule has 1 aliphatic rings. The van der Waals surface area contributed by atoms with Crippen LogP contribution in [0, 0.1) is 11.3 Å². The van der Waals surface area contributed by atoms with Crippen LogP contribution in [-0.4, -0.2) is 36.0 Å². The normalized spacial score (nSPS) is 17.0. The van der Waals surface area contributed by atoms with E-state index in [0.29, 0.717) is 0 Å². The summed E-state index contributed by atoms with van der Waals surface area (Å²) in [6, 6.07) is 0. The van der Waals surface area contributed by atoms with Crippen LogP contribution in [0.5, 0.6) is 0 Å². The SMILES string of the molecule is CN(CCCSC(=N)N)CC1CCC1. The second kappa shape index (κ2) is 6.30. The zero-order valence-corrected chi connectivity index (χ0v) is 9.78. The Morgan fingerprint density at radius 2 is 2.29 bits per heavy atom. The van der Waals surface area contributed by atoms with Crippen LogP contribution in [-0.2, 0) is 0 Å². The summed E-state index contributed by atoms with van der Waals surface area (Å²) < 4.78 is 0. The molecule has 82 valence electrons. The summed E-state index contributed by atoms with van der Waals surface area (Å²) in [5, 5.41) is 7.30. The zero-order valence-electron chi connectivity index (χ0n) is 8.96. The highest BCUT2D eigenvalue weighted by Gasteiger charge is 2.18. The van der Waals surface area contributed by atoms with Gasteiger partial charge in [0.2, 0.25) is 0 Å². The van der Waals surface area contributed by atoms with Gasteiger partial charge in [-0.25, -0.2) is 0 Å². The van der Waals surface area contributed by atoms with E-state index in [1.807, 2.05) is 0 Å². The molecule has 1 aliphatic carbocycles. The number of hydrogen-bond donors (Lipinski definition) is 2. The third-order valence-electron chi connectivity index (χ3n) is 2.74. The standard InChI is InChI=1S/C10H21N3S/c1-13(8-9-4-2-5-9)6-3-7-14-10(11)12/h9H,2-8H2,1H3,(H3,11,12). The molecule has 0 aromatic heterocycles. The third-order valence-corrected chi connectivity index (χ3v) is 3.54. The maximum Gasteiger partial charge on any atom is 0.151 e. The quantitative estimate of drug-likeness (QED) is 0.403. The fraction of sp³-hybridized carbons (Fsp3) is 0.900. The van der Waals surface area contributed by atoms with Crippen LogP contribution >= 0.6 is 11.8 Å². The van der Waals surface area contributed by atoms with E-state index in [2.05, 4.69) is 11.9 Å². The predicted molar refractivity (Wildman–Crippen MR) is 63.8 cm³/mol. The Bertz CT molecular complexity index is 180. The van der Waals surface area contributed by atoms with Gasteiger partial charge >= 0.3 is 0 Å². The van der Waals surface area contributed by atoms with E-state index in [9.17, 15) is 0 Å². The topological polar surface area (TPSA) is 53.1 Å². The second-order valence-electron chi connectivity index (χ2n) is 4.13. The highest BCUT2D eigenvalue weighted by molar-refractivity contribution is 8.13. The maximum absolute atomic E-state index is 7.06. The molecular weight excluding hydrogens is 194 g/mol. The van der Waals surface area contributed by atoms with Crippen molar-refractivity contribution in [1.82, 2.24) is 4.90 Å². The molecule has 0 saturated heterocycles. The number of thioether (sulfide) groups is 1. The van der Waals surface area contributed by atoms with Crippen LogP contribution in [0.1, 0.15) is 25.7 Å². The van der Waals surface area contributed by atoms with Crippen molar-refractivity contribution < 1.29 is 0 Å². The minimum absolute atomic E-state index is 0.242. The van der Waals surface area contributed by atoms with Crippen LogP contribution in [0.25, 0.3) is 0 Å². The van der Waals surface area contributed by atoms with E-state index in [0.717, 1.165) is 24.6 Å². The maximum atomic E-state index is 7.06. The van der Waals surface area contributed by atoms with Gasteiger partial charge in [0.15, 0.2) is 5.17 Å². The first-order chi connectivity index (χ1) is 6.68. The van der Waals surface area contributed by atoms with Crippen LogP contribution < -0.4 is 5.73 Å². The Morgan fingerprint density at radius 3 is 2.79 bits per heavy atom. The summed E-state index contributed by atoms with van der Waals surface area (Å²) in [4.78, 5) is 2.41. The van der Waals surface area contributed by atoms with Crippen molar-refractivity contribution in [2.75, 3.05) is 25.9 Å².